The third-order valence-electron chi connectivity index (χ3n) is 2.30. The first kappa shape index (κ1) is 15.0. The van der Waals surface area contributed by atoms with Gasteiger partial charge in [0.05, 0.1) is 4.88 Å². The summed E-state index contributed by atoms with van der Waals surface area (Å²) in [4.78, 5) is 0.833. The van der Waals surface area contributed by atoms with Crippen LogP contribution in [0.1, 0.15) is 13.8 Å². The Labute approximate surface area is 128 Å². The molecule has 9 heteroatoms. The van der Waals surface area contributed by atoms with Gasteiger partial charge in [0, 0.05) is 21.7 Å². The highest BCUT2D eigenvalue weighted by Crippen LogP contribution is 2.34. The molecule has 0 aromatic carbocycles. The zero-order valence-corrected chi connectivity index (χ0v) is 14.1. The number of aromatic nitrogens is 3. The predicted molar refractivity (Wildman–Crippen MR) is 78.9 cm³/mol. The van der Waals surface area contributed by atoms with Crippen LogP contribution < -0.4 is 0 Å². The van der Waals surface area contributed by atoms with Crippen molar-refractivity contribution in [2.45, 2.75) is 25.5 Å². The zero-order valence-electron chi connectivity index (χ0n) is 10.2. The zero-order chi connectivity index (χ0) is 14.2. The summed E-state index contributed by atoms with van der Waals surface area (Å²) in [5.74, 6) is 0.750. The lowest BCUT2D eigenvalue weighted by Gasteiger charge is -2.10. The largest absolute Gasteiger partial charge is 0.296 e. The molecule has 2 heterocycles. The minimum absolute atomic E-state index is 0.210. The first-order valence-corrected chi connectivity index (χ1v) is 9.40. The number of rotatable bonds is 4. The quantitative estimate of drug-likeness (QED) is 0.758. The highest BCUT2D eigenvalue weighted by atomic mass is 79.9. The normalized spacial score (nSPS) is 12.3. The van der Waals surface area contributed by atoms with Gasteiger partial charge in [-0.25, -0.2) is 8.42 Å². The molecule has 0 N–H and O–H groups in total. The molecule has 2 rings (SSSR count). The Kier molecular flexibility index (Phi) is 4.34. The van der Waals surface area contributed by atoms with E-state index in [9.17, 15) is 8.42 Å². The van der Waals surface area contributed by atoms with Crippen molar-refractivity contribution in [2.24, 2.45) is 5.92 Å². The van der Waals surface area contributed by atoms with Crippen molar-refractivity contribution >= 4 is 47.0 Å². The van der Waals surface area contributed by atoms with Crippen LogP contribution in [-0.2, 0) is 15.6 Å². The van der Waals surface area contributed by atoms with E-state index >= 15 is 0 Å². The fourth-order valence-electron chi connectivity index (χ4n) is 1.62. The molecule has 5 nitrogen and oxygen atoms in total. The van der Waals surface area contributed by atoms with E-state index in [-0.39, 0.29) is 11.1 Å². The fraction of sp³-hybridized carbons (Fsp3) is 0.400. The molecule has 0 spiro atoms. The molecule has 0 saturated carbocycles. The minimum atomic E-state index is -3.91. The van der Waals surface area contributed by atoms with Crippen LogP contribution in [0.25, 0.3) is 10.7 Å². The van der Waals surface area contributed by atoms with E-state index in [4.69, 9.17) is 10.7 Å². The number of hydrogen-bond acceptors (Lipinski definition) is 5. The fourth-order valence-corrected chi connectivity index (χ4v) is 4.07. The monoisotopic (exact) mass is 383 g/mol. The average Bonchev–Trinajstić information content (AvgIpc) is 2.82. The first-order valence-electron chi connectivity index (χ1n) is 5.42. The molecule has 0 aliphatic carbocycles. The molecule has 2 aromatic heterocycles. The highest BCUT2D eigenvalue weighted by molar-refractivity contribution is 9.10. The highest BCUT2D eigenvalue weighted by Gasteiger charge is 2.25. The summed E-state index contributed by atoms with van der Waals surface area (Å²) in [6, 6.07) is 1.88. The molecule has 104 valence electrons. The van der Waals surface area contributed by atoms with Crippen LogP contribution in [0.15, 0.2) is 21.1 Å². The minimum Gasteiger partial charge on any atom is -0.296 e. The van der Waals surface area contributed by atoms with E-state index < -0.39 is 9.05 Å². The van der Waals surface area contributed by atoms with Crippen LogP contribution in [0.4, 0.5) is 0 Å². The van der Waals surface area contributed by atoms with Gasteiger partial charge in [0.1, 0.15) is 0 Å². The van der Waals surface area contributed by atoms with Crippen LogP contribution in [0.3, 0.4) is 0 Å². The van der Waals surface area contributed by atoms with Gasteiger partial charge in [-0.15, -0.1) is 21.5 Å². The lowest BCUT2D eigenvalue weighted by Crippen LogP contribution is -2.11. The van der Waals surface area contributed by atoms with Crippen molar-refractivity contribution < 1.29 is 8.42 Å². The summed E-state index contributed by atoms with van der Waals surface area (Å²) in [6.45, 7) is 4.45. The Morgan fingerprint density at radius 1 is 1.47 bits per heavy atom. The van der Waals surface area contributed by atoms with E-state index in [0.717, 1.165) is 9.35 Å². The van der Waals surface area contributed by atoms with Gasteiger partial charge >= 0.3 is 0 Å². The van der Waals surface area contributed by atoms with E-state index in [1.165, 1.54) is 11.3 Å². The smallest absolute Gasteiger partial charge is 0.296 e. The standard InChI is InChI=1S/C10H11BrClN3O2S2/c1-6(2)5-15-9(8-7(11)3-4-18-8)13-14-10(15)19(12,16)17/h3-4,6H,5H2,1-2H3. The number of thiophene rings is 1. The van der Waals surface area contributed by atoms with Crippen LogP contribution in [0.2, 0.25) is 0 Å². The van der Waals surface area contributed by atoms with Gasteiger partial charge < -0.3 is 0 Å². The molecular weight excluding hydrogens is 374 g/mol. The van der Waals surface area contributed by atoms with Crippen molar-refractivity contribution in [1.82, 2.24) is 14.8 Å². The van der Waals surface area contributed by atoms with E-state index in [0.29, 0.717) is 12.4 Å². The summed E-state index contributed by atoms with van der Waals surface area (Å²) in [7, 11) is 1.49. The Hall–Kier alpha value is -0.440. The Bertz CT molecular complexity index is 693. The SMILES string of the molecule is CC(C)Cn1c(-c2sccc2Br)nnc1S(=O)(=O)Cl. The van der Waals surface area contributed by atoms with Gasteiger partial charge in [0.2, 0.25) is 0 Å². The van der Waals surface area contributed by atoms with Crippen LogP contribution in [-0.4, -0.2) is 23.2 Å². The lowest BCUT2D eigenvalue weighted by atomic mass is 10.2. The number of halogens is 2. The van der Waals surface area contributed by atoms with Crippen molar-refractivity contribution in [3.05, 3.63) is 15.9 Å². The van der Waals surface area contributed by atoms with E-state index in [2.05, 4.69) is 26.1 Å². The summed E-state index contributed by atoms with van der Waals surface area (Å²) < 4.78 is 25.5. The Morgan fingerprint density at radius 2 is 2.16 bits per heavy atom. The Balaban J connectivity index is 2.63. The molecule has 0 bridgehead atoms. The van der Waals surface area contributed by atoms with Gasteiger partial charge in [-0.2, -0.15) is 0 Å². The molecular formula is C10H11BrClN3O2S2. The summed E-state index contributed by atoms with van der Waals surface area (Å²) in [5, 5.41) is 9.37. The first-order chi connectivity index (χ1) is 8.80. The third-order valence-corrected chi connectivity index (χ3v) is 5.29. The maximum Gasteiger partial charge on any atom is 0.296 e. The maximum absolute atomic E-state index is 11.5. The topological polar surface area (TPSA) is 64.8 Å². The van der Waals surface area contributed by atoms with Gasteiger partial charge in [-0.3, -0.25) is 4.57 Å². The molecule has 19 heavy (non-hydrogen) atoms. The van der Waals surface area contributed by atoms with Gasteiger partial charge in [0.25, 0.3) is 14.2 Å². The third kappa shape index (κ3) is 3.18. The molecule has 0 aliphatic heterocycles. The molecule has 0 amide bonds. The summed E-state index contributed by atoms with van der Waals surface area (Å²) in [5.41, 5.74) is 0. The second kappa shape index (κ2) is 5.51. The summed E-state index contributed by atoms with van der Waals surface area (Å²) >= 11 is 4.87. The number of nitrogens with zero attached hydrogens (tertiary/aromatic N) is 3. The second-order valence-electron chi connectivity index (χ2n) is 4.35. The molecule has 2 aromatic rings. The predicted octanol–water partition coefficient (Wildman–Crippen LogP) is 3.35. The van der Waals surface area contributed by atoms with Gasteiger partial charge in [-0.1, -0.05) is 13.8 Å². The van der Waals surface area contributed by atoms with Crippen molar-refractivity contribution in [2.75, 3.05) is 0 Å². The molecule has 0 fully saturated rings. The van der Waals surface area contributed by atoms with Crippen LogP contribution >= 0.6 is 37.9 Å². The molecule has 0 saturated heterocycles. The van der Waals surface area contributed by atoms with Crippen molar-refractivity contribution in [1.29, 1.82) is 0 Å². The van der Waals surface area contributed by atoms with E-state index in [1.54, 1.807) is 4.57 Å². The van der Waals surface area contributed by atoms with Gasteiger partial charge in [-0.05, 0) is 33.3 Å². The summed E-state index contributed by atoms with van der Waals surface area (Å²) in [6.07, 6.45) is 0. The van der Waals surface area contributed by atoms with Crippen molar-refractivity contribution in [3.8, 4) is 10.7 Å². The van der Waals surface area contributed by atoms with Crippen LogP contribution in [0.5, 0.6) is 0 Å². The van der Waals surface area contributed by atoms with Crippen LogP contribution in [0, 0.1) is 5.92 Å². The van der Waals surface area contributed by atoms with Crippen molar-refractivity contribution in [3.63, 3.8) is 0 Å². The molecule has 0 aliphatic rings. The molecule has 0 atom stereocenters. The number of hydrogen-bond donors (Lipinski definition) is 0. The van der Waals surface area contributed by atoms with Gasteiger partial charge in [0.15, 0.2) is 5.82 Å². The Morgan fingerprint density at radius 3 is 2.63 bits per heavy atom. The molecule has 0 unspecified atom stereocenters. The molecule has 0 radical (unpaired) electrons. The maximum atomic E-state index is 11.5. The van der Waals surface area contributed by atoms with E-state index in [1.807, 2.05) is 25.3 Å². The lowest BCUT2D eigenvalue weighted by molar-refractivity contribution is 0.489. The average molecular weight is 385 g/mol. The second-order valence-corrected chi connectivity index (χ2v) is 8.58.